The maximum atomic E-state index is 5.46. The van der Waals surface area contributed by atoms with Crippen LogP contribution < -0.4 is 0 Å². The van der Waals surface area contributed by atoms with Gasteiger partial charge in [-0.2, -0.15) is 0 Å². The second kappa shape index (κ2) is 9.22. The molecule has 0 aromatic carbocycles. The first-order valence-electron chi connectivity index (χ1n) is 5.91. The van der Waals surface area contributed by atoms with Gasteiger partial charge in [0.1, 0.15) is 0 Å². The van der Waals surface area contributed by atoms with E-state index in [1.807, 2.05) is 0 Å². The van der Waals surface area contributed by atoms with Crippen molar-refractivity contribution in [2.24, 2.45) is 5.41 Å². The van der Waals surface area contributed by atoms with E-state index in [9.17, 15) is 0 Å². The molecule has 0 bridgehead atoms. The van der Waals surface area contributed by atoms with Crippen molar-refractivity contribution in [2.45, 2.75) is 40.0 Å². The van der Waals surface area contributed by atoms with Gasteiger partial charge in [-0.1, -0.05) is 64.0 Å². The fraction of sp³-hybridized carbons (Fsp3) is 0.692. The second-order valence-corrected chi connectivity index (χ2v) is 5.50. The molecule has 2 radical (unpaired) electrons. The Kier molecular flexibility index (Phi) is 9.20. The Balaban J connectivity index is 0.000000322. The highest BCUT2D eigenvalue weighted by molar-refractivity contribution is 7.40. The lowest BCUT2D eigenvalue weighted by Crippen LogP contribution is -2.16. The molecule has 0 fully saturated rings. The molecule has 0 heterocycles. The van der Waals surface area contributed by atoms with E-state index in [-0.39, 0.29) is 0 Å². The normalized spacial score (nSPS) is 14.6. The van der Waals surface area contributed by atoms with E-state index in [0.717, 1.165) is 21.1 Å². The molecular formula is C13H24BP. The minimum absolute atomic E-state index is 0.567. The Morgan fingerprint density at radius 1 is 1.20 bits per heavy atom. The molecule has 2 heteroatoms. The maximum absolute atomic E-state index is 5.46. The van der Waals surface area contributed by atoms with E-state index in [2.05, 4.69) is 45.1 Å². The van der Waals surface area contributed by atoms with Gasteiger partial charge in [-0.15, -0.1) is 8.58 Å². The van der Waals surface area contributed by atoms with Crippen LogP contribution in [0, 0.1) is 5.41 Å². The molecule has 1 aliphatic rings. The molecule has 0 spiro atoms. The van der Waals surface area contributed by atoms with E-state index in [0.29, 0.717) is 5.41 Å². The minimum Gasteiger partial charge on any atom is -0.130 e. The average molecular weight is 222 g/mol. The molecule has 1 aliphatic carbocycles. The van der Waals surface area contributed by atoms with Gasteiger partial charge in [0, 0.05) is 0 Å². The van der Waals surface area contributed by atoms with Crippen LogP contribution in [0.4, 0.5) is 0 Å². The van der Waals surface area contributed by atoms with E-state index in [4.69, 9.17) is 7.85 Å². The zero-order valence-corrected chi connectivity index (χ0v) is 11.4. The van der Waals surface area contributed by atoms with Gasteiger partial charge in [-0.3, -0.25) is 0 Å². The Bertz CT molecular complexity index is 183. The first kappa shape index (κ1) is 15.0. The first-order valence-corrected chi connectivity index (χ1v) is 7.32. The number of allylic oxidation sites excluding steroid dienone is 4. The van der Waals surface area contributed by atoms with Crippen molar-refractivity contribution in [3.63, 3.8) is 0 Å². The van der Waals surface area contributed by atoms with Gasteiger partial charge < -0.3 is 0 Å². The van der Waals surface area contributed by atoms with Crippen LogP contribution in [-0.2, 0) is 0 Å². The number of rotatable bonds is 5. The Hall–Kier alpha value is -0.0251. The molecular weight excluding hydrogens is 198 g/mol. The van der Waals surface area contributed by atoms with Gasteiger partial charge in [0.05, 0.1) is 7.85 Å². The van der Waals surface area contributed by atoms with Crippen LogP contribution in [0.2, 0.25) is 0 Å². The summed E-state index contributed by atoms with van der Waals surface area (Å²) in [6.45, 7) is 6.89. The summed E-state index contributed by atoms with van der Waals surface area (Å²) in [5, 5.41) is 0. The molecule has 0 aromatic rings. The van der Waals surface area contributed by atoms with E-state index in [1.54, 1.807) is 0 Å². The van der Waals surface area contributed by atoms with Crippen molar-refractivity contribution >= 4 is 16.4 Å². The van der Waals surface area contributed by atoms with Crippen LogP contribution in [0.5, 0.6) is 0 Å². The highest BCUT2D eigenvalue weighted by Crippen LogP contribution is 2.31. The lowest BCUT2D eigenvalue weighted by Gasteiger charge is -2.26. The Morgan fingerprint density at radius 2 is 1.73 bits per heavy atom. The lowest BCUT2D eigenvalue weighted by molar-refractivity contribution is 0.346. The van der Waals surface area contributed by atoms with Crippen LogP contribution in [-0.4, -0.2) is 20.1 Å². The molecule has 15 heavy (non-hydrogen) atoms. The molecule has 0 saturated heterocycles. The Labute approximate surface area is 98.8 Å². The predicted molar refractivity (Wildman–Crippen MR) is 75.4 cm³/mol. The molecule has 0 amide bonds. The smallest absolute Gasteiger partial charge is 0.0712 e. The third-order valence-corrected chi connectivity index (χ3v) is 4.45. The summed E-state index contributed by atoms with van der Waals surface area (Å²) < 4.78 is 0. The van der Waals surface area contributed by atoms with Crippen molar-refractivity contribution < 1.29 is 0 Å². The topological polar surface area (TPSA) is 0 Å². The van der Waals surface area contributed by atoms with Crippen molar-refractivity contribution in [2.75, 3.05) is 12.2 Å². The summed E-state index contributed by atoms with van der Waals surface area (Å²) >= 11 is 0. The molecule has 0 aliphatic heterocycles. The average Bonchev–Trinajstić information content (AvgIpc) is 2.84. The zero-order chi connectivity index (χ0) is 11.6. The summed E-state index contributed by atoms with van der Waals surface area (Å²) in [6.07, 6.45) is 13.4. The number of hydrogen-bond acceptors (Lipinski definition) is 0. The third-order valence-electron chi connectivity index (χ3n) is 3.06. The highest BCUT2D eigenvalue weighted by Gasteiger charge is 2.17. The summed E-state index contributed by atoms with van der Waals surface area (Å²) in [5.74, 6) is 0. The summed E-state index contributed by atoms with van der Waals surface area (Å²) in [6, 6.07) is 0.871. The summed E-state index contributed by atoms with van der Waals surface area (Å²) in [5.41, 5.74) is 0.567. The fourth-order valence-corrected chi connectivity index (χ4v) is 2.51. The van der Waals surface area contributed by atoms with Crippen LogP contribution in [0.3, 0.4) is 0 Å². The zero-order valence-electron chi connectivity index (χ0n) is 10.4. The molecule has 0 aromatic heterocycles. The molecule has 1 rings (SSSR count). The minimum atomic E-state index is 0.567. The molecule has 84 valence electrons. The van der Waals surface area contributed by atoms with Crippen LogP contribution >= 0.6 is 8.58 Å². The first-order chi connectivity index (χ1) is 7.18. The van der Waals surface area contributed by atoms with Gasteiger partial charge in [0.25, 0.3) is 0 Å². The SMILES string of the molecule is C1=CCC=C1.[B]CPCC(C)(CC)CC. The van der Waals surface area contributed by atoms with E-state index in [1.165, 1.54) is 19.0 Å². The van der Waals surface area contributed by atoms with E-state index < -0.39 is 0 Å². The van der Waals surface area contributed by atoms with Crippen molar-refractivity contribution in [3.8, 4) is 0 Å². The van der Waals surface area contributed by atoms with Crippen molar-refractivity contribution in [1.82, 2.24) is 0 Å². The van der Waals surface area contributed by atoms with Gasteiger partial charge >= 0.3 is 0 Å². The number of hydrogen-bond donors (Lipinski definition) is 0. The summed E-state index contributed by atoms with van der Waals surface area (Å²) in [7, 11) is 6.42. The monoisotopic (exact) mass is 222 g/mol. The fourth-order valence-electron chi connectivity index (χ4n) is 1.27. The molecule has 0 saturated carbocycles. The molecule has 0 nitrogen and oxygen atoms in total. The van der Waals surface area contributed by atoms with Gasteiger partial charge in [0.2, 0.25) is 0 Å². The Morgan fingerprint density at radius 3 is 2.00 bits per heavy atom. The van der Waals surface area contributed by atoms with Crippen LogP contribution in [0.15, 0.2) is 24.3 Å². The largest absolute Gasteiger partial charge is 0.130 e. The van der Waals surface area contributed by atoms with Gasteiger partial charge in [-0.25, -0.2) is 0 Å². The lowest BCUT2D eigenvalue weighted by atomic mass is 9.87. The maximum Gasteiger partial charge on any atom is 0.0712 e. The van der Waals surface area contributed by atoms with Crippen molar-refractivity contribution in [1.29, 1.82) is 0 Å². The summed E-state index contributed by atoms with van der Waals surface area (Å²) in [4.78, 5) is 0. The van der Waals surface area contributed by atoms with Gasteiger partial charge in [-0.05, 0) is 18.0 Å². The van der Waals surface area contributed by atoms with Crippen LogP contribution in [0.1, 0.15) is 40.0 Å². The highest BCUT2D eigenvalue weighted by atomic mass is 31.1. The molecule has 0 N–H and O–H groups in total. The van der Waals surface area contributed by atoms with E-state index >= 15 is 0 Å². The standard InChI is InChI=1S/C8H18BP.C5H6/c1-4-8(3,5-2)6-10-7-9;1-2-4-5-3-1/h10H,4-7H2,1-3H3;1-4H,5H2. The molecule has 1 atom stereocenters. The third kappa shape index (κ3) is 7.85. The molecule has 1 unspecified atom stereocenters. The van der Waals surface area contributed by atoms with Gasteiger partial charge in [0.15, 0.2) is 0 Å². The predicted octanol–water partition coefficient (Wildman–Crippen LogP) is 4.12. The van der Waals surface area contributed by atoms with Crippen LogP contribution in [0.25, 0.3) is 0 Å². The quantitative estimate of drug-likeness (QED) is 0.484. The van der Waals surface area contributed by atoms with Crippen molar-refractivity contribution in [3.05, 3.63) is 24.3 Å². The second-order valence-electron chi connectivity index (χ2n) is 4.24.